The minimum atomic E-state index is -0.0878. The van der Waals surface area contributed by atoms with Gasteiger partial charge in [0, 0.05) is 19.6 Å². The minimum Gasteiger partial charge on any atom is -0.373 e. The summed E-state index contributed by atoms with van der Waals surface area (Å²) < 4.78 is 12.1. The molecular weight excluding hydrogens is 240 g/mol. The van der Waals surface area contributed by atoms with Crippen LogP contribution in [-0.4, -0.2) is 56.0 Å². The third-order valence-electron chi connectivity index (χ3n) is 4.67. The summed E-state index contributed by atoms with van der Waals surface area (Å²) in [7, 11) is 0. The largest absolute Gasteiger partial charge is 0.373 e. The monoisotopic (exact) mass is 270 g/mol. The third-order valence-corrected chi connectivity index (χ3v) is 4.67. The molecule has 112 valence electrons. The summed E-state index contributed by atoms with van der Waals surface area (Å²) in [6.45, 7) is 9.81. The fourth-order valence-corrected chi connectivity index (χ4v) is 3.43. The van der Waals surface area contributed by atoms with Crippen molar-refractivity contribution in [3.05, 3.63) is 0 Å². The standard InChI is InChI=1S/C15H30N2O2/c1-3-17-7-8-18-14(10-17)11-19-15(12-16)6-4-5-13(2)9-15/h13-14H,3-12,16H2,1-2H3. The molecule has 1 aliphatic carbocycles. The van der Waals surface area contributed by atoms with Crippen LogP contribution >= 0.6 is 0 Å². The molecule has 0 radical (unpaired) electrons. The first kappa shape index (κ1) is 15.2. The molecule has 0 aromatic heterocycles. The van der Waals surface area contributed by atoms with Gasteiger partial charge in [0.1, 0.15) is 0 Å². The van der Waals surface area contributed by atoms with Crippen LogP contribution in [0.15, 0.2) is 0 Å². The van der Waals surface area contributed by atoms with E-state index in [1.807, 2.05) is 0 Å². The van der Waals surface area contributed by atoms with Crippen molar-refractivity contribution in [2.45, 2.75) is 51.2 Å². The first-order chi connectivity index (χ1) is 9.17. The number of rotatable bonds is 5. The maximum absolute atomic E-state index is 6.25. The molecule has 0 aromatic carbocycles. The van der Waals surface area contributed by atoms with Gasteiger partial charge in [0.15, 0.2) is 0 Å². The van der Waals surface area contributed by atoms with E-state index in [1.165, 1.54) is 12.8 Å². The van der Waals surface area contributed by atoms with Crippen LogP contribution in [0.25, 0.3) is 0 Å². The van der Waals surface area contributed by atoms with Gasteiger partial charge in [-0.05, 0) is 25.3 Å². The van der Waals surface area contributed by atoms with Crippen LogP contribution in [-0.2, 0) is 9.47 Å². The molecule has 3 unspecified atom stereocenters. The van der Waals surface area contributed by atoms with Crippen molar-refractivity contribution >= 4 is 0 Å². The fourth-order valence-electron chi connectivity index (χ4n) is 3.43. The van der Waals surface area contributed by atoms with E-state index in [9.17, 15) is 0 Å². The van der Waals surface area contributed by atoms with Crippen molar-refractivity contribution < 1.29 is 9.47 Å². The van der Waals surface area contributed by atoms with Gasteiger partial charge in [0.25, 0.3) is 0 Å². The highest BCUT2D eigenvalue weighted by molar-refractivity contribution is 4.88. The molecule has 1 saturated heterocycles. The number of ether oxygens (including phenoxy) is 2. The minimum absolute atomic E-state index is 0.0878. The number of hydrogen-bond donors (Lipinski definition) is 1. The Labute approximate surface area is 117 Å². The predicted octanol–water partition coefficient (Wildman–Crippen LogP) is 1.63. The Morgan fingerprint density at radius 1 is 1.47 bits per heavy atom. The Hall–Kier alpha value is -0.160. The smallest absolute Gasteiger partial charge is 0.0935 e. The average Bonchev–Trinajstić information content (AvgIpc) is 2.45. The normalized spacial score (nSPS) is 37.4. The van der Waals surface area contributed by atoms with Gasteiger partial charge in [-0.2, -0.15) is 0 Å². The van der Waals surface area contributed by atoms with E-state index in [2.05, 4.69) is 18.7 Å². The van der Waals surface area contributed by atoms with E-state index in [-0.39, 0.29) is 11.7 Å². The Morgan fingerprint density at radius 3 is 3.00 bits per heavy atom. The lowest BCUT2D eigenvalue weighted by Gasteiger charge is -2.41. The summed E-state index contributed by atoms with van der Waals surface area (Å²) in [5.41, 5.74) is 5.91. The molecule has 0 amide bonds. The van der Waals surface area contributed by atoms with Gasteiger partial charge in [-0.25, -0.2) is 0 Å². The Bertz CT molecular complexity index is 275. The summed E-state index contributed by atoms with van der Waals surface area (Å²) in [6, 6.07) is 0. The summed E-state index contributed by atoms with van der Waals surface area (Å²) in [5, 5.41) is 0. The lowest BCUT2D eigenvalue weighted by Crippen LogP contribution is -2.49. The molecule has 0 spiro atoms. The maximum Gasteiger partial charge on any atom is 0.0935 e. The number of hydrogen-bond acceptors (Lipinski definition) is 4. The molecule has 1 aliphatic heterocycles. The SMILES string of the molecule is CCN1CCOC(COC2(CN)CCCC(C)C2)C1. The molecule has 4 nitrogen and oxygen atoms in total. The second-order valence-electron chi connectivity index (χ2n) is 6.29. The molecule has 2 fully saturated rings. The number of morpholine rings is 1. The van der Waals surface area contributed by atoms with Crippen LogP contribution in [0.4, 0.5) is 0 Å². The molecule has 0 bridgehead atoms. The highest BCUT2D eigenvalue weighted by Crippen LogP contribution is 2.34. The van der Waals surface area contributed by atoms with Crippen LogP contribution in [0.2, 0.25) is 0 Å². The van der Waals surface area contributed by atoms with Gasteiger partial charge in [-0.3, -0.25) is 4.90 Å². The van der Waals surface area contributed by atoms with E-state index in [4.69, 9.17) is 15.2 Å². The van der Waals surface area contributed by atoms with Gasteiger partial charge in [-0.1, -0.05) is 26.7 Å². The summed E-state index contributed by atoms with van der Waals surface area (Å²) in [5.74, 6) is 0.733. The van der Waals surface area contributed by atoms with Crippen LogP contribution in [0.5, 0.6) is 0 Å². The topological polar surface area (TPSA) is 47.7 Å². The van der Waals surface area contributed by atoms with Gasteiger partial charge < -0.3 is 15.2 Å². The van der Waals surface area contributed by atoms with Crippen LogP contribution < -0.4 is 5.73 Å². The summed E-state index contributed by atoms with van der Waals surface area (Å²) >= 11 is 0. The van der Waals surface area contributed by atoms with E-state index in [0.29, 0.717) is 13.2 Å². The zero-order valence-electron chi connectivity index (χ0n) is 12.6. The van der Waals surface area contributed by atoms with Crippen molar-refractivity contribution in [3.63, 3.8) is 0 Å². The molecule has 2 N–H and O–H groups in total. The van der Waals surface area contributed by atoms with Crippen molar-refractivity contribution in [2.75, 3.05) is 39.4 Å². The van der Waals surface area contributed by atoms with E-state index in [0.717, 1.165) is 45.0 Å². The van der Waals surface area contributed by atoms with Gasteiger partial charge in [0.2, 0.25) is 0 Å². The first-order valence-corrected chi connectivity index (χ1v) is 7.85. The van der Waals surface area contributed by atoms with Gasteiger partial charge in [-0.15, -0.1) is 0 Å². The first-order valence-electron chi connectivity index (χ1n) is 7.85. The van der Waals surface area contributed by atoms with Crippen molar-refractivity contribution in [2.24, 2.45) is 11.7 Å². The highest BCUT2D eigenvalue weighted by Gasteiger charge is 2.35. The molecular formula is C15H30N2O2. The quantitative estimate of drug-likeness (QED) is 0.825. The Morgan fingerprint density at radius 2 is 2.32 bits per heavy atom. The molecule has 1 saturated carbocycles. The highest BCUT2D eigenvalue weighted by atomic mass is 16.5. The van der Waals surface area contributed by atoms with Crippen LogP contribution in [0.3, 0.4) is 0 Å². The van der Waals surface area contributed by atoms with E-state index < -0.39 is 0 Å². The lowest BCUT2D eigenvalue weighted by molar-refractivity contribution is -0.131. The fraction of sp³-hybridized carbons (Fsp3) is 1.00. The van der Waals surface area contributed by atoms with Crippen molar-refractivity contribution in [1.82, 2.24) is 4.90 Å². The van der Waals surface area contributed by atoms with Gasteiger partial charge >= 0.3 is 0 Å². The Kier molecular flexibility index (Phi) is 5.63. The molecule has 4 heteroatoms. The lowest BCUT2D eigenvalue weighted by atomic mass is 9.79. The molecule has 19 heavy (non-hydrogen) atoms. The zero-order chi connectivity index (χ0) is 13.7. The molecule has 2 rings (SSSR count). The molecule has 1 heterocycles. The molecule has 3 atom stereocenters. The van der Waals surface area contributed by atoms with E-state index in [1.54, 1.807) is 0 Å². The summed E-state index contributed by atoms with van der Waals surface area (Å²) in [4.78, 5) is 2.43. The van der Waals surface area contributed by atoms with Gasteiger partial charge in [0.05, 0.1) is 24.9 Å². The number of nitrogens with zero attached hydrogens (tertiary/aromatic N) is 1. The van der Waals surface area contributed by atoms with Crippen molar-refractivity contribution in [1.29, 1.82) is 0 Å². The average molecular weight is 270 g/mol. The summed E-state index contributed by atoms with van der Waals surface area (Å²) in [6.07, 6.45) is 4.99. The van der Waals surface area contributed by atoms with E-state index >= 15 is 0 Å². The maximum atomic E-state index is 6.25. The second-order valence-corrected chi connectivity index (χ2v) is 6.29. The van der Waals surface area contributed by atoms with Crippen LogP contribution in [0, 0.1) is 5.92 Å². The number of nitrogens with two attached hydrogens (primary N) is 1. The molecule has 0 aromatic rings. The molecule has 2 aliphatic rings. The number of likely N-dealkylation sites (N-methyl/N-ethyl adjacent to an activating group) is 1. The Balaban J connectivity index is 1.82. The predicted molar refractivity (Wildman–Crippen MR) is 77.2 cm³/mol. The van der Waals surface area contributed by atoms with Crippen molar-refractivity contribution in [3.8, 4) is 0 Å². The zero-order valence-corrected chi connectivity index (χ0v) is 12.6. The second kappa shape index (κ2) is 7.02. The van der Waals surface area contributed by atoms with Crippen LogP contribution in [0.1, 0.15) is 39.5 Å². The third kappa shape index (κ3) is 4.15.